The van der Waals surface area contributed by atoms with Crippen molar-refractivity contribution in [2.24, 2.45) is 0 Å². The highest BCUT2D eigenvalue weighted by molar-refractivity contribution is 7.75. The van der Waals surface area contributed by atoms with Gasteiger partial charge in [-0.3, -0.25) is 0 Å². The molecule has 0 atom stereocenters. The van der Waals surface area contributed by atoms with Gasteiger partial charge in [-0.15, -0.1) is 0 Å². The summed E-state index contributed by atoms with van der Waals surface area (Å²) in [5, 5.41) is 0. The minimum absolute atomic E-state index is 0.623. The zero-order valence-electron chi connectivity index (χ0n) is 17.9. The molecule has 146 valence electrons. The molecule has 0 heterocycles. The molecule has 0 nitrogen and oxygen atoms in total. The standard InChI is InChI=1S/C23H50P/c1-5-9-12-15-18-21-24(8-4,22-19-16-13-10-6-2)23-20-17-14-11-7-3/h5-23H2,1-4H3/q+1. The zero-order chi connectivity index (χ0) is 17.9. The number of hydrogen-bond donors (Lipinski definition) is 0. The van der Waals surface area contributed by atoms with E-state index in [9.17, 15) is 0 Å². The first-order chi connectivity index (χ1) is 11.7. The van der Waals surface area contributed by atoms with Crippen LogP contribution in [0, 0.1) is 0 Å². The highest BCUT2D eigenvalue weighted by Crippen LogP contribution is 2.60. The van der Waals surface area contributed by atoms with Crippen LogP contribution in [0.15, 0.2) is 0 Å². The molecule has 0 amide bonds. The maximum absolute atomic E-state index is 2.53. The summed E-state index contributed by atoms with van der Waals surface area (Å²) in [6.07, 6.45) is 28.4. The normalized spacial score (nSPS) is 12.0. The minimum Gasteiger partial charge on any atom is -0.0654 e. The van der Waals surface area contributed by atoms with Crippen molar-refractivity contribution >= 4 is 7.26 Å². The molecule has 0 radical (unpaired) electrons. The predicted octanol–water partition coefficient (Wildman–Crippen LogP) is 8.94. The third-order valence-electron chi connectivity index (χ3n) is 5.88. The van der Waals surface area contributed by atoms with Crippen LogP contribution in [0.5, 0.6) is 0 Å². The third kappa shape index (κ3) is 13.7. The van der Waals surface area contributed by atoms with Crippen LogP contribution in [0.4, 0.5) is 0 Å². The van der Waals surface area contributed by atoms with Gasteiger partial charge in [0.25, 0.3) is 0 Å². The number of hydrogen-bond acceptors (Lipinski definition) is 0. The molecular weight excluding hydrogens is 307 g/mol. The van der Waals surface area contributed by atoms with E-state index in [0.717, 1.165) is 0 Å². The molecule has 0 aliphatic heterocycles. The summed E-state index contributed by atoms with van der Waals surface area (Å²) in [6.45, 7) is 9.51. The van der Waals surface area contributed by atoms with Crippen molar-refractivity contribution in [1.82, 2.24) is 0 Å². The molecule has 0 aliphatic rings. The first-order valence-corrected chi connectivity index (χ1v) is 14.1. The van der Waals surface area contributed by atoms with Crippen molar-refractivity contribution in [2.45, 2.75) is 124 Å². The maximum Gasteiger partial charge on any atom is 0.0594 e. The van der Waals surface area contributed by atoms with Gasteiger partial charge in [-0.25, -0.2) is 0 Å². The third-order valence-corrected chi connectivity index (χ3v) is 11.0. The molecule has 0 fully saturated rings. The lowest BCUT2D eigenvalue weighted by atomic mass is 10.2. The van der Waals surface area contributed by atoms with Crippen LogP contribution in [0.2, 0.25) is 0 Å². The Hall–Kier alpha value is 0.430. The van der Waals surface area contributed by atoms with E-state index in [4.69, 9.17) is 0 Å². The van der Waals surface area contributed by atoms with Crippen molar-refractivity contribution in [2.75, 3.05) is 24.6 Å². The van der Waals surface area contributed by atoms with E-state index in [-0.39, 0.29) is 0 Å². The van der Waals surface area contributed by atoms with E-state index >= 15 is 0 Å². The van der Waals surface area contributed by atoms with E-state index in [1.165, 1.54) is 102 Å². The van der Waals surface area contributed by atoms with Crippen LogP contribution < -0.4 is 0 Å². The van der Waals surface area contributed by atoms with Gasteiger partial charge in [0.05, 0.1) is 24.6 Å². The summed E-state index contributed by atoms with van der Waals surface area (Å²) < 4.78 is 0. The van der Waals surface area contributed by atoms with Crippen molar-refractivity contribution in [3.63, 3.8) is 0 Å². The topological polar surface area (TPSA) is 0 Å². The van der Waals surface area contributed by atoms with Crippen LogP contribution >= 0.6 is 7.26 Å². The lowest BCUT2D eigenvalue weighted by Gasteiger charge is -2.27. The summed E-state index contributed by atoms with van der Waals surface area (Å²) in [6, 6.07) is 0. The van der Waals surface area contributed by atoms with Crippen LogP contribution in [0.1, 0.15) is 124 Å². The second-order valence-electron chi connectivity index (χ2n) is 8.07. The summed E-state index contributed by atoms with van der Waals surface area (Å²) in [4.78, 5) is 0. The molecular formula is C23H50P+. The summed E-state index contributed by atoms with van der Waals surface area (Å²) >= 11 is 0. The molecule has 0 N–H and O–H groups in total. The van der Waals surface area contributed by atoms with Crippen molar-refractivity contribution in [3.05, 3.63) is 0 Å². The minimum atomic E-state index is -0.623. The molecule has 0 aromatic carbocycles. The molecule has 0 spiro atoms. The van der Waals surface area contributed by atoms with Gasteiger partial charge >= 0.3 is 0 Å². The van der Waals surface area contributed by atoms with Crippen LogP contribution in [0.3, 0.4) is 0 Å². The van der Waals surface area contributed by atoms with Gasteiger partial charge in [0.1, 0.15) is 0 Å². The Morgan fingerprint density at radius 2 is 0.667 bits per heavy atom. The van der Waals surface area contributed by atoms with Gasteiger partial charge in [-0.05, 0) is 45.4 Å². The Balaban J connectivity index is 4.23. The maximum atomic E-state index is 2.53. The number of unbranched alkanes of at least 4 members (excludes halogenated alkanes) is 12. The fourth-order valence-electron chi connectivity index (χ4n) is 3.96. The average molecular weight is 358 g/mol. The zero-order valence-corrected chi connectivity index (χ0v) is 18.8. The highest BCUT2D eigenvalue weighted by Gasteiger charge is 2.33. The van der Waals surface area contributed by atoms with E-state index in [1.54, 1.807) is 18.5 Å². The molecule has 1 heteroatoms. The van der Waals surface area contributed by atoms with E-state index in [0.29, 0.717) is 0 Å². The molecule has 0 saturated heterocycles. The van der Waals surface area contributed by atoms with Gasteiger partial charge in [0.15, 0.2) is 0 Å². The molecule has 0 rings (SSSR count). The molecule has 0 unspecified atom stereocenters. The first kappa shape index (κ1) is 24.4. The molecule has 0 aromatic heterocycles. The van der Waals surface area contributed by atoms with Crippen molar-refractivity contribution in [3.8, 4) is 0 Å². The van der Waals surface area contributed by atoms with Gasteiger partial charge in [-0.1, -0.05) is 78.6 Å². The van der Waals surface area contributed by atoms with Crippen molar-refractivity contribution < 1.29 is 0 Å². The Kier molecular flexibility index (Phi) is 18.6. The van der Waals surface area contributed by atoms with Gasteiger partial charge < -0.3 is 0 Å². The quantitative estimate of drug-likeness (QED) is 0.160. The SMILES string of the molecule is CCCCCCC[P+](CC)(CCCCCCC)CCCCCCC. The average Bonchev–Trinajstić information content (AvgIpc) is 2.60. The van der Waals surface area contributed by atoms with Crippen LogP contribution in [-0.4, -0.2) is 24.6 Å². The summed E-state index contributed by atoms with van der Waals surface area (Å²) in [7, 11) is -0.623. The van der Waals surface area contributed by atoms with Crippen LogP contribution in [-0.2, 0) is 0 Å². The predicted molar refractivity (Wildman–Crippen MR) is 118 cm³/mol. The molecule has 24 heavy (non-hydrogen) atoms. The Morgan fingerprint density at radius 1 is 0.375 bits per heavy atom. The Labute approximate surface area is 156 Å². The second kappa shape index (κ2) is 18.2. The van der Waals surface area contributed by atoms with E-state index in [1.807, 2.05) is 0 Å². The summed E-state index contributed by atoms with van der Waals surface area (Å²) in [5.74, 6) is 0. The molecule has 0 saturated carbocycles. The fourth-order valence-corrected chi connectivity index (χ4v) is 8.26. The van der Waals surface area contributed by atoms with Crippen molar-refractivity contribution in [1.29, 1.82) is 0 Å². The Bertz CT molecular complexity index is 200. The lowest BCUT2D eigenvalue weighted by molar-refractivity contribution is 0.643. The molecule has 0 aliphatic carbocycles. The van der Waals surface area contributed by atoms with Gasteiger partial charge in [-0.2, -0.15) is 0 Å². The largest absolute Gasteiger partial charge is 0.0654 e. The Morgan fingerprint density at radius 3 is 0.917 bits per heavy atom. The highest BCUT2D eigenvalue weighted by atomic mass is 31.2. The van der Waals surface area contributed by atoms with Gasteiger partial charge in [0, 0.05) is 7.26 Å². The summed E-state index contributed by atoms with van der Waals surface area (Å²) in [5.41, 5.74) is 0. The fraction of sp³-hybridized carbons (Fsp3) is 1.00. The molecule has 0 aromatic rings. The second-order valence-corrected chi connectivity index (χ2v) is 12.7. The smallest absolute Gasteiger partial charge is 0.0594 e. The first-order valence-electron chi connectivity index (χ1n) is 11.6. The monoisotopic (exact) mass is 357 g/mol. The van der Waals surface area contributed by atoms with Crippen LogP contribution in [0.25, 0.3) is 0 Å². The van der Waals surface area contributed by atoms with E-state index in [2.05, 4.69) is 27.7 Å². The number of rotatable bonds is 19. The van der Waals surface area contributed by atoms with E-state index < -0.39 is 7.26 Å². The molecule has 0 bridgehead atoms. The lowest BCUT2D eigenvalue weighted by Crippen LogP contribution is -2.11. The van der Waals surface area contributed by atoms with Gasteiger partial charge in [0.2, 0.25) is 0 Å².